The number of nitrogens with zero attached hydrogens (tertiary/aromatic N) is 1. The minimum absolute atomic E-state index is 0.0774. The molecule has 0 aliphatic rings. The largest absolute Gasteiger partial charge is 0.493 e. The fraction of sp³-hybridized carbons (Fsp3) is 0.263. The van der Waals surface area contributed by atoms with Gasteiger partial charge in [-0.3, -0.25) is 14.9 Å². The van der Waals surface area contributed by atoms with Gasteiger partial charge in [0.2, 0.25) is 0 Å². The maximum atomic E-state index is 12.2. The number of rotatable bonds is 8. The highest BCUT2D eigenvalue weighted by molar-refractivity contribution is 5.96. The molecule has 0 aromatic heterocycles. The SMILES string of the molecule is CCOc1ccc(C(=O)OCC(=O)Nc2ccc([N+](=O)[O-])cc2C)cc1OC. The van der Waals surface area contributed by atoms with Crippen molar-refractivity contribution in [3.63, 3.8) is 0 Å². The van der Waals surface area contributed by atoms with Crippen LogP contribution in [0.3, 0.4) is 0 Å². The van der Waals surface area contributed by atoms with Gasteiger partial charge in [-0.25, -0.2) is 4.79 Å². The maximum Gasteiger partial charge on any atom is 0.338 e. The Morgan fingerprint density at radius 2 is 1.89 bits per heavy atom. The Kier molecular flexibility index (Phi) is 6.91. The normalized spacial score (nSPS) is 10.1. The van der Waals surface area contributed by atoms with E-state index in [9.17, 15) is 19.7 Å². The number of amides is 1. The summed E-state index contributed by atoms with van der Waals surface area (Å²) in [4.78, 5) is 34.4. The summed E-state index contributed by atoms with van der Waals surface area (Å²) in [6, 6.07) is 8.60. The van der Waals surface area contributed by atoms with Crippen LogP contribution >= 0.6 is 0 Å². The van der Waals surface area contributed by atoms with Crippen molar-refractivity contribution >= 4 is 23.3 Å². The van der Waals surface area contributed by atoms with Gasteiger partial charge in [0.1, 0.15) is 0 Å². The number of methoxy groups -OCH3 is 1. The van der Waals surface area contributed by atoms with Crippen molar-refractivity contribution in [1.29, 1.82) is 0 Å². The molecule has 0 heterocycles. The van der Waals surface area contributed by atoms with Gasteiger partial charge in [0.25, 0.3) is 11.6 Å². The van der Waals surface area contributed by atoms with Gasteiger partial charge in [-0.1, -0.05) is 0 Å². The lowest BCUT2D eigenvalue weighted by Gasteiger charge is -2.11. The second-order valence-corrected chi connectivity index (χ2v) is 5.68. The van der Waals surface area contributed by atoms with Crippen LogP contribution in [0.2, 0.25) is 0 Å². The van der Waals surface area contributed by atoms with Crippen molar-refractivity contribution in [3.05, 3.63) is 57.6 Å². The van der Waals surface area contributed by atoms with Crippen LogP contribution in [0, 0.1) is 17.0 Å². The molecule has 9 nitrogen and oxygen atoms in total. The van der Waals surface area contributed by atoms with Gasteiger partial charge in [-0.2, -0.15) is 0 Å². The minimum atomic E-state index is -0.697. The summed E-state index contributed by atoms with van der Waals surface area (Å²) >= 11 is 0. The predicted molar refractivity (Wildman–Crippen MR) is 101 cm³/mol. The number of nitrogens with one attached hydrogen (secondary N) is 1. The highest BCUT2D eigenvalue weighted by Crippen LogP contribution is 2.28. The zero-order chi connectivity index (χ0) is 20.7. The molecule has 2 aromatic carbocycles. The van der Waals surface area contributed by atoms with E-state index < -0.39 is 23.4 Å². The third kappa shape index (κ3) is 5.19. The summed E-state index contributed by atoms with van der Waals surface area (Å²) in [7, 11) is 1.45. The van der Waals surface area contributed by atoms with Crippen molar-refractivity contribution in [2.45, 2.75) is 13.8 Å². The summed E-state index contributed by atoms with van der Waals surface area (Å²) < 4.78 is 15.6. The van der Waals surface area contributed by atoms with Crippen LogP contribution < -0.4 is 14.8 Å². The standard InChI is InChI=1S/C19H20N2O7/c1-4-27-16-8-5-13(10-17(16)26-3)19(23)28-11-18(22)20-15-7-6-14(21(24)25)9-12(15)2/h5-10H,4,11H2,1-3H3,(H,20,22). The second kappa shape index (κ2) is 9.36. The molecule has 0 aliphatic heterocycles. The van der Waals surface area contributed by atoms with E-state index in [1.54, 1.807) is 13.0 Å². The quantitative estimate of drug-likeness (QED) is 0.419. The van der Waals surface area contributed by atoms with E-state index in [2.05, 4.69) is 5.32 Å². The molecule has 0 bridgehead atoms. The number of hydrogen-bond acceptors (Lipinski definition) is 7. The number of anilines is 1. The molecule has 0 radical (unpaired) electrons. The molecule has 1 amide bonds. The fourth-order valence-electron chi connectivity index (χ4n) is 2.37. The molecule has 2 rings (SSSR count). The highest BCUT2D eigenvalue weighted by atomic mass is 16.6. The molecule has 0 saturated heterocycles. The lowest BCUT2D eigenvalue weighted by molar-refractivity contribution is -0.384. The van der Waals surface area contributed by atoms with Crippen molar-refractivity contribution < 1.29 is 28.7 Å². The van der Waals surface area contributed by atoms with Gasteiger partial charge in [0.05, 0.1) is 24.2 Å². The average Bonchev–Trinajstić information content (AvgIpc) is 2.68. The molecular formula is C19H20N2O7. The maximum absolute atomic E-state index is 12.2. The zero-order valence-corrected chi connectivity index (χ0v) is 15.7. The molecule has 0 fully saturated rings. The van der Waals surface area contributed by atoms with E-state index in [1.807, 2.05) is 6.92 Å². The van der Waals surface area contributed by atoms with E-state index in [-0.39, 0.29) is 11.3 Å². The molecule has 0 unspecified atom stereocenters. The second-order valence-electron chi connectivity index (χ2n) is 5.68. The molecular weight excluding hydrogens is 368 g/mol. The first-order chi connectivity index (χ1) is 13.3. The summed E-state index contributed by atoms with van der Waals surface area (Å²) in [6.07, 6.45) is 0. The van der Waals surface area contributed by atoms with Gasteiger partial charge >= 0.3 is 5.97 Å². The Balaban J connectivity index is 1.97. The number of nitro benzene ring substituents is 1. The number of ether oxygens (including phenoxy) is 3. The monoisotopic (exact) mass is 388 g/mol. The minimum Gasteiger partial charge on any atom is -0.493 e. The van der Waals surface area contributed by atoms with Gasteiger partial charge in [0.15, 0.2) is 18.1 Å². The molecule has 1 N–H and O–H groups in total. The van der Waals surface area contributed by atoms with Crippen LogP contribution in [0.5, 0.6) is 11.5 Å². The van der Waals surface area contributed by atoms with Crippen LogP contribution in [0.15, 0.2) is 36.4 Å². The molecule has 2 aromatic rings. The van der Waals surface area contributed by atoms with Crippen molar-refractivity contribution in [3.8, 4) is 11.5 Å². The number of carbonyl (C=O) groups is 2. The summed E-state index contributed by atoms with van der Waals surface area (Å²) in [5.41, 5.74) is 1.05. The number of nitro groups is 1. The highest BCUT2D eigenvalue weighted by Gasteiger charge is 2.15. The molecule has 28 heavy (non-hydrogen) atoms. The Labute approximate surface area is 161 Å². The smallest absolute Gasteiger partial charge is 0.338 e. The van der Waals surface area contributed by atoms with Crippen molar-refractivity contribution in [1.82, 2.24) is 0 Å². The number of benzene rings is 2. The number of non-ortho nitro benzene ring substituents is 1. The molecule has 9 heteroatoms. The van der Waals surface area contributed by atoms with E-state index in [4.69, 9.17) is 14.2 Å². The van der Waals surface area contributed by atoms with E-state index in [1.165, 1.54) is 37.4 Å². The van der Waals surface area contributed by atoms with Crippen LogP contribution in [0.25, 0.3) is 0 Å². The zero-order valence-electron chi connectivity index (χ0n) is 15.7. The van der Waals surface area contributed by atoms with Crippen LogP contribution in [0.1, 0.15) is 22.8 Å². The van der Waals surface area contributed by atoms with Crippen LogP contribution in [-0.2, 0) is 9.53 Å². The molecule has 0 spiro atoms. The molecule has 0 aliphatic carbocycles. The van der Waals surface area contributed by atoms with Gasteiger partial charge < -0.3 is 19.5 Å². The summed E-state index contributed by atoms with van der Waals surface area (Å²) in [6.45, 7) is 3.39. The first-order valence-electron chi connectivity index (χ1n) is 8.38. The third-order valence-corrected chi connectivity index (χ3v) is 3.73. The van der Waals surface area contributed by atoms with Crippen molar-refractivity contribution in [2.24, 2.45) is 0 Å². The Hall–Kier alpha value is -3.62. The fourth-order valence-corrected chi connectivity index (χ4v) is 2.37. The molecule has 0 saturated carbocycles. The predicted octanol–water partition coefficient (Wildman–Crippen LogP) is 3.11. The lowest BCUT2D eigenvalue weighted by Crippen LogP contribution is -2.21. The number of aryl methyl sites for hydroxylation is 1. The molecule has 148 valence electrons. The van der Waals surface area contributed by atoms with E-state index >= 15 is 0 Å². The number of carbonyl (C=O) groups excluding carboxylic acids is 2. The first kappa shape index (κ1) is 20.7. The number of hydrogen-bond donors (Lipinski definition) is 1. The lowest BCUT2D eigenvalue weighted by atomic mass is 10.2. The summed E-state index contributed by atoms with van der Waals surface area (Å²) in [5.74, 6) is -0.393. The van der Waals surface area contributed by atoms with Crippen LogP contribution in [0.4, 0.5) is 11.4 Å². The van der Waals surface area contributed by atoms with Crippen molar-refractivity contribution in [2.75, 3.05) is 25.6 Å². The van der Waals surface area contributed by atoms with Gasteiger partial charge in [-0.05, 0) is 43.7 Å². The Morgan fingerprint density at radius 1 is 1.14 bits per heavy atom. The van der Waals surface area contributed by atoms with Gasteiger partial charge in [-0.15, -0.1) is 0 Å². The topological polar surface area (TPSA) is 117 Å². The average molecular weight is 388 g/mol. The first-order valence-corrected chi connectivity index (χ1v) is 8.38. The summed E-state index contributed by atoms with van der Waals surface area (Å²) in [5, 5.41) is 13.3. The number of esters is 1. The third-order valence-electron chi connectivity index (χ3n) is 3.73. The van der Waals surface area contributed by atoms with E-state index in [0.717, 1.165) is 0 Å². The van der Waals surface area contributed by atoms with Gasteiger partial charge in [0, 0.05) is 17.8 Å². The Bertz CT molecular complexity index is 896. The molecule has 0 atom stereocenters. The van der Waals surface area contributed by atoms with Crippen LogP contribution in [-0.4, -0.2) is 37.1 Å². The van der Waals surface area contributed by atoms with E-state index in [0.29, 0.717) is 29.4 Å². The Morgan fingerprint density at radius 3 is 2.50 bits per heavy atom.